The Morgan fingerprint density at radius 2 is 1.91 bits per heavy atom. The number of carbonyl (C=O) groups is 1. The van der Waals surface area contributed by atoms with Crippen LogP contribution in [-0.2, 0) is 13.1 Å². The Morgan fingerprint density at radius 3 is 2.48 bits per heavy atom. The molecule has 124 valence electrons. The molecule has 2 N–H and O–H groups in total. The zero-order valence-electron chi connectivity index (χ0n) is 13.0. The number of benzene rings is 1. The topological polar surface area (TPSA) is 77.0 Å². The van der Waals surface area contributed by atoms with E-state index in [2.05, 4.69) is 10.3 Å². The van der Waals surface area contributed by atoms with Crippen LogP contribution in [0.2, 0.25) is 0 Å². The van der Waals surface area contributed by atoms with Gasteiger partial charge >= 0.3 is 0 Å². The van der Waals surface area contributed by atoms with E-state index in [0.717, 1.165) is 43.6 Å². The summed E-state index contributed by atoms with van der Waals surface area (Å²) in [6.07, 6.45) is 5.60. The molecule has 1 aromatic heterocycles. The van der Waals surface area contributed by atoms with Crippen molar-refractivity contribution in [2.24, 2.45) is 11.7 Å². The highest BCUT2D eigenvalue weighted by molar-refractivity contribution is 5.94. The summed E-state index contributed by atoms with van der Waals surface area (Å²) in [5, 5.41) is 7.83. The van der Waals surface area contributed by atoms with Crippen molar-refractivity contribution in [1.29, 1.82) is 0 Å². The van der Waals surface area contributed by atoms with Gasteiger partial charge in [0.15, 0.2) is 0 Å². The van der Waals surface area contributed by atoms with Gasteiger partial charge in [0.1, 0.15) is 0 Å². The van der Waals surface area contributed by atoms with Crippen molar-refractivity contribution in [2.75, 3.05) is 13.1 Å². The fourth-order valence-corrected chi connectivity index (χ4v) is 2.88. The molecule has 23 heavy (non-hydrogen) atoms. The Kier molecular flexibility index (Phi) is 6.12. The molecule has 0 aliphatic carbocycles. The Morgan fingerprint density at radius 1 is 1.22 bits per heavy atom. The quantitative estimate of drug-likeness (QED) is 0.922. The normalized spacial score (nSPS) is 15.3. The summed E-state index contributed by atoms with van der Waals surface area (Å²) in [6, 6.07) is 7.58. The predicted octanol–water partition coefficient (Wildman–Crippen LogP) is 1.71. The van der Waals surface area contributed by atoms with Gasteiger partial charge in [0.2, 0.25) is 0 Å². The molecule has 1 aliphatic heterocycles. The van der Waals surface area contributed by atoms with Crippen LogP contribution in [0.25, 0.3) is 0 Å². The lowest BCUT2D eigenvalue weighted by Gasteiger charge is -2.32. The zero-order chi connectivity index (χ0) is 15.4. The Balaban J connectivity index is 0.00000192. The monoisotopic (exact) mass is 335 g/mol. The van der Waals surface area contributed by atoms with Crippen LogP contribution in [0.5, 0.6) is 0 Å². The van der Waals surface area contributed by atoms with Crippen LogP contribution in [0.4, 0.5) is 0 Å². The lowest BCUT2D eigenvalue weighted by molar-refractivity contribution is 0.0681. The molecule has 6 nitrogen and oxygen atoms in total. The molecule has 0 bridgehead atoms. The molecule has 7 heteroatoms. The van der Waals surface area contributed by atoms with E-state index in [1.165, 1.54) is 0 Å². The van der Waals surface area contributed by atoms with E-state index in [0.29, 0.717) is 12.5 Å². The average Bonchev–Trinajstić information content (AvgIpc) is 3.08. The van der Waals surface area contributed by atoms with Crippen LogP contribution >= 0.6 is 12.4 Å². The summed E-state index contributed by atoms with van der Waals surface area (Å²) in [5.41, 5.74) is 7.37. The summed E-state index contributed by atoms with van der Waals surface area (Å²) in [7, 11) is 0. The van der Waals surface area contributed by atoms with E-state index in [1.54, 1.807) is 6.20 Å². The number of likely N-dealkylation sites (tertiary alicyclic amines) is 1. The van der Waals surface area contributed by atoms with E-state index in [9.17, 15) is 4.79 Å². The fraction of sp³-hybridized carbons (Fsp3) is 0.438. The van der Waals surface area contributed by atoms with Crippen LogP contribution in [0, 0.1) is 5.92 Å². The highest BCUT2D eigenvalue weighted by Crippen LogP contribution is 2.20. The third-order valence-corrected chi connectivity index (χ3v) is 4.26. The minimum absolute atomic E-state index is 0. The third-order valence-electron chi connectivity index (χ3n) is 4.26. The molecule has 1 aliphatic rings. The van der Waals surface area contributed by atoms with E-state index in [1.807, 2.05) is 40.0 Å². The number of carbonyl (C=O) groups excluding carboxylic acids is 1. The second-order valence-electron chi connectivity index (χ2n) is 5.76. The van der Waals surface area contributed by atoms with Crippen LogP contribution in [0.3, 0.4) is 0 Å². The first-order valence-corrected chi connectivity index (χ1v) is 7.68. The summed E-state index contributed by atoms with van der Waals surface area (Å²) < 4.78 is 1.87. The SMILES string of the molecule is Cl.NCc1ccc(C(=O)N2CCC(Cn3ccnn3)CC2)cc1. The Hall–Kier alpha value is -1.92. The van der Waals surface area contributed by atoms with Gasteiger partial charge in [0.05, 0.1) is 6.20 Å². The molecule has 0 unspecified atom stereocenters. The van der Waals surface area contributed by atoms with Gasteiger partial charge in [0.25, 0.3) is 5.91 Å². The predicted molar refractivity (Wildman–Crippen MR) is 90.2 cm³/mol. The lowest BCUT2D eigenvalue weighted by Crippen LogP contribution is -2.39. The van der Waals surface area contributed by atoms with E-state index in [4.69, 9.17) is 5.73 Å². The van der Waals surface area contributed by atoms with Gasteiger partial charge in [-0.15, -0.1) is 17.5 Å². The zero-order valence-corrected chi connectivity index (χ0v) is 13.8. The van der Waals surface area contributed by atoms with E-state index >= 15 is 0 Å². The lowest BCUT2D eigenvalue weighted by atomic mass is 9.96. The smallest absolute Gasteiger partial charge is 0.253 e. The van der Waals surface area contributed by atoms with Crippen molar-refractivity contribution >= 4 is 18.3 Å². The number of amides is 1. The molecular formula is C16H22ClN5O. The maximum atomic E-state index is 12.5. The molecule has 1 fully saturated rings. The molecule has 0 atom stereocenters. The standard InChI is InChI=1S/C16H21N5O.ClH/c17-11-13-1-3-15(4-2-13)16(22)20-8-5-14(6-9-20)12-21-10-7-18-19-21;/h1-4,7,10,14H,5-6,8-9,11-12,17H2;1H. The molecule has 1 amide bonds. The molecular weight excluding hydrogens is 314 g/mol. The van der Waals surface area contributed by atoms with Gasteiger partial charge in [-0.05, 0) is 36.5 Å². The molecule has 0 spiro atoms. The highest BCUT2D eigenvalue weighted by atomic mass is 35.5. The first-order valence-electron chi connectivity index (χ1n) is 7.68. The van der Waals surface area contributed by atoms with Gasteiger partial charge in [-0.25, -0.2) is 0 Å². The molecule has 0 radical (unpaired) electrons. The summed E-state index contributed by atoms with van der Waals surface area (Å²) in [4.78, 5) is 14.4. The van der Waals surface area contributed by atoms with Crippen molar-refractivity contribution in [1.82, 2.24) is 19.9 Å². The Labute approximate surface area is 142 Å². The van der Waals surface area contributed by atoms with Crippen LogP contribution in [-0.4, -0.2) is 38.9 Å². The maximum Gasteiger partial charge on any atom is 0.253 e. The van der Waals surface area contributed by atoms with Gasteiger partial charge in [-0.2, -0.15) is 0 Å². The van der Waals surface area contributed by atoms with Gasteiger partial charge in [0, 0.05) is 37.9 Å². The highest BCUT2D eigenvalue weighted by Gasteiger charge is 2.23. The first-order chi connectivity index (χ1) is 10.8. The van der Waals surface area contributed by atoms with Crippen molar-refractivity contribution in [3.63, 3.8) is 0 Å². The molecule has 1 saturated heterocycles. The summed E-state index contributed by atoms with van der Waals surface area (Å²) in [6.45, 7) is 2.99. The number of hydrogen-bond acceptors (Lipinski definition) is 4. The van der Waals surface area contributed by atoms with Gasteiger partial charge in [-0.1, -0.05) is 17.3 Å². The van der Waals surface area contributed by atoms with Crippen LogP contribution in [0.1, 0.15) is 28.8 Å². The molecule has 2 heterocycles. The van der Waals surface area contributed by atoms with Crippen molar-refractivity contribution in [3.8, 4) is 0 Å². The number of nitrogens with zero attached hydrogens (tertiary/aromatic N) is 4. The summed E-state index contributed by atoms with van der Waals surface area (Å²) >= 11 is 0. The van der Waals surface area contributed by atoms with E-state index in [-0.39, 0.29) is 18.3 Å². The number of aromatic nitrogens is 3. The van der Waals surface area contributed by atoms with Crippen molar-refractivity contribution in [2.45, 2.75) is 25.9 Å². The first kappa shape index (κ1) is 17.4. The van der Waals surface area contributed by atoms with Gasteiger partial charge < -0.3 is 10.6 Å². The minimum Gasteiger partial charge on any atom is -0.339 e. The molecule has 1 aromatic carbocycles. The number of piperidine rings is 1. The largest absolute Gasteiger partial charge is 0.339 e. The molecule has 2 aromatic rings. The Bertz CT molecular complexity index is 606. The number of rotatable bonds is 4. The third kappa shape index (κ3) is 4.30. The second kappa shape index (κ2) is 8.08. The average molecular weight is 336 g/mol. The number of halogens is 1. The number of hydrogen-bond donors (Lipinski definition) is 1. The summed E-state index contributed by atoms with van der Waals surface area (Å²) in [5.74, 6) is 0.674. The second-order valence-corrected chi connectivity index (χ2v) is 5.76. The fourth-order valence-electron chi connectivity index (χ4n) is 2.88. The van der Waals surface area contributed by atoms with Crippen LogP contribution in [0.15, 0.2) is 36.7 Å². The minimum atomic E-state index is 0. The maximum absolute atomic E-state index is 12.5. The van der Waals surface area contributed by atoms with Gasteiger partial charge in [-0.3, -0.25) is 9.48 Å². The van der Waals surface area contributed by atoms with E-state index < -0.39 is 0 Å². The number of nitrogens with two attached hydrogens (primary N) is 1. The molecule has 3 rings (SSSR count). The van der Waals surface area contributed by atoms with Crippen LogP contribution < -0.4 is 5.73 Å². The van der Waals surface area contributed by atoms with Crippen molar-refractivity contribution < 1.29 is 4.79 Å². The van der Waals surface area contributed by atoms with Crippen molar-refractivity contribution in [3.05, 3.63) is 47.8 Å². The molecule has 0 saturated carbocycles.